The van der Waals surface area contributed by atoms with Crippen molar-refractivity contribution < 1.29 is 0 Å². The Morgan fingerprint density at radius 1 is 1.06 bits per heavy atom. The van der Waals surface area contributed by atoms with Crippen molar-refractivity contribution in [3.63, 3.8) is 0 Å². The van der Waals surface area contributed by atoms with Crippen molar-refractivity contribution in [1.29, 1.82) is 0 Å². The van der Waals surface area contributed by atoms with Gasteiger partial charge in [-0.05, 0) is 11.0 Å². The molecule has 0 saturated carbocycles. The summed E-state index contributed by atoms with van der Waals surface area (Å²) in [6.07, 6.45) is 7.38. The number of nitrogens with zero attached hydrogens (tertiary/aromatic N) is 4. The van der Waals surface area contributed by atoms with Crippen molar-refractivity contribution in [1.82, 2.24) is 19.5 Å². The van der Waals surface area contributed by atoms with E-state index in [4.69, 9.17) is 0 Å². The first-order chi connectivity index (χ1) is 7.48. The maximum Gasteiger partial charge on any atom is 0.195 e. The van der Waals surface area contributed by atoms with Gasteiger partial charge in [-0.15, -0.1) is 0 Å². The summed E-state index contributed by atoms with van der Waals surface area (Å²) in [5, 5.41) is 0. The van der Waals surface area contributed by atoms with Gasteiger partial charge in [0.2, 0.25) is 0 Å². The highest BCUT2D eigenvalue weighted by atomic mass is 15.1. The second-order valence-corrected chi connectivity index (χ2v) is 4.91. The van der Waals surface area contributed by atoms with Crippen LogP contribution in [0, 0.1) is 0 Å². The number of hydrogen-bond acceptors (Lipinski definition) is 3. The molecule has 84 valence electrons. The van der Waals surface area contributed by atoms with Crippen LogP contribution in [0.25, 0.3) is 11.6 Å². The predicted octanol–water partition coefficient (Wildman–Crippen LogP) is 2.17. The van der Waals surface area contributed by atoms with Gasteiger partial charge in [-0.25, -0.2) is 15.0 Å². The summed E-state index contributed by atoms with van der Waals surface area (Å²) in [5.74, 6) is 1.46. The van der Waals surface area contributed by atoms with Gasteiger partial charge in [0.25, 0.3) is 0 Å². The fourth-order valence-electron chi connectivity index (χ4n) is 1.41. The van der Waals surface area contributed by atoms with Crippen LogP contribution >= 0.6 is 0 Å². The minimum atomic E-state index is 0.0835. The Kier molecular flexibility index (Phi) is 2.50. The SMILES string of the molecule is Cn1ccnc1-c1ncc(C(C)(C)C)cn1. The highest BCUT2D eigenvalue weighted by molar-refractivity contribution is 5.43. The molecule has 4 heteroatoms. The number of aromatic nitrogens is 4. The molecule has 0 unspecified atom stereocenters. The van der Waals surface area contributed by atoms with Gasteiger partial charge in [-0.2, -0.15) is 0 Å². The van der Waals surface area contributed by atoms with Crippen molar-refractivity contribution >= 4 is 0 Å². The molecule has 16 heavy (non-hydrogen) atoms. The summed E-state index contributed by atoms with van der Waals surface area (Å²) >= 11 is 0. The summed E-state index contributed by atoms with van der Waals surface area (Å²) in [4.78, 5) is 12.9. The van der Waals surface area contributed by atoms with Gasteiger partial charge in [0.1, 0.15) is 0 Å². The molecule has 0 spiro atoms. The van der Waals surface area contributed by atoms with Crippen LogP contribution in [0.2, 0.25) is 0 Å². The molecule has 0 fully saturated rings. The number of hydrogen-bond donors (Lipinski definition) is 0. The molecule has 0 radical (unpaired) electrons. The van der Waals surface area contributed by atoms with Crippen molar-refractivity contribution in [2.75, 3.05) is 0 Å². The third kappa shape index (κ3) is 1.96. The largest absolute Gasteiger partial charge is 0.331 e. The van der Waals surface area contributed by atoms with Crippen LogP contribution in [-0.4, -0.2) is 19.5 Å². The molecule has 0 aliphatic rings. The highest BCUT2D eigenvalue weighted by Crippen LogP contribution is 2.21. The fourth-order valence-corrected chi connectivity index (χ4v) is 1.41. The van der Waals surface area contributed by atoms with E-state index in [0.717, 1.165) is 11.4 Å². The molecule has 2 aromatic rings. The van der Waals surface area contributed by atoms with E-state index in [1.165, 1.54) is 0 Å². The van der Waals surface area contributed by atoms with Gasteiger partial charge < -0.3 is 4.57 Å². The Hall–Kier alpha value is -1.71. The summed E-state index contributed by atoms with van der Waals surface area (Å²) in [7, 11) is 1.93. The molecule has 0 bridgehead atoms. The van der Waals surface area contributed by atoms with Crippen LogP contribution in [0.15, 0.2) is 24.8 Å². The first kappa shape index (κ1) is 10.8. The molecule has 2 aromatic heterocycles. The van der Waals surface area contributed by atoms with Crippen LogP contribution in [0.1, 0.15) is 26.3 Å². The lowest BCUT2D eigenvalue weighted by Crippen LogP contribution is -2.12. The maximum atomic E-state index is 4.35. The summed E-state index contributed by atoms with van der Waals surface area (Å²) in [6, 6.07) is 0. The van der Waals surface area contributed by atoms with Crippen LogP contribution < -0.4 is 0 Å². The first-order valence-electron chi connectivity index (χ1n) is 5.29. The second kappa shape index (κ2) is 3.70. The summed E-state index contributed by atoms with van der Waals surface area (Å²) in [5.41, 5.74) is 1.21. The van der Waals surface area contributed by atoms with Crippen LogP contribution in [0.4, 0.5) is 0 Å². The third-order valence-corrected chi connectivity index (χ3v) is 2.54. The zero-order valence-corrected chi connectivity index (χ0v) is 10.1. The lowest BCUT2D eigenvalue weighted by Gasteiger charge is -2.17. The molecule has 0 saturated heterocycles. The van der Waals surface area contributed by atoms with Gasteiger partial charge >= 0.3 is 0 Å². The predicted molar refractivity (Wildman–Crippen MR) is 62.9 cm³/mol. The maximum absolute atomic E-state index is 4.35. The minimum absolute atomic E-state index is 0.0835. The van der Waals surface area contributed by atoms with Crippen LogP contribution in [0.5, 0.6) is 0 Å². The average molecular weight is 216 g/mol. The molecule has 2 heterocycles. The van der Waals surface area contributed by atoms with Gasteiger partial charge in [-0.3, -0.25) is 0 Å². The van der Waals surface area contributed by atoms with Crippen LogP contribution in [-0.2, 0) is 12.5 Å². The first-order valence-corrected chi connectivity index (χ1v) is 5.29. The van der Waals surface area contributed by atoms with E-state index in [-0.39, 0.29) is 5.41 Å². The molecular formula is C12H16N4. The Labute approximate surface area is 95.4 Å². The van der Waals surface area contributed by atoms with Gasteiger partial charge in [-0.1, -0.05) is 20.8 Å². The monoisotopic (exact) mass is 216 g/mol. The molecule has 0 aliphatic heterocycles. The van der Waals surface area contributed by atoms with Gasteiger partial charge in [0.15, 0.2) is 11.6 Å². The van der Waals surface area contributed by atoms with E-state index in [1.807, 2.05) is 30.2 Å². The molecule has 4 nitrogen and oxygen atoms in total. The van der Waals surface area contributed by atoms with Gasteiger partial charge in [0.05, 0.1) is 0 Å². The lowest BCUT2D eigenvalue weighted by molar-refractivity contribution is 0.584. The summed E-state index contributed by atoms with van der Waals surface area (Å²) < 4.78 is 1.91. The van der Waals surface area contributed by atoms with Crippen LogP contribution in [0.3, 0.4) is 0 Å². The Morgan fingerprint density at radius 3 is 2.12 bits per heavy atom. The summed E-state index contributed by atoms with van der Waals surface area (Å²) in [6.45, 7) is 6.43. The topological polar surface area (TPSA) is 43.6 Å². The Morgan fingerprint density at radius 2 is 1.69 bits per heavy atom. The van der Waals surface area contributed by atoms with Crippen molar-refractivity contribution in [2.45, 2.75) is 26.2 Å². The minimum Gasteiger partial charge on any atom is -0.331 e. The van der Waals surface area contributed by atoms with E-state index < -0.39 is 0 Å². The quantitative estimate of drug-likeness (QED) is 0.733. The van der Waals surface area contributed by atoms with Crippen molar-refractivity contribution in [3.05, 3.63) is 30.4 Å². The molecule has 0 aromatic carbocycles. The number of aryl methyl sites for hydroxylation is 1. The molecule has 0 amide bonds. The fraction of sp³-hybridized carbons (Fsp3) is 0.417. The zero-order valence-electron chi connectivity index (χ0n) is 10.1. The van der Waals surface area contributed by atoms with E-state index in [9.17, 15) is 0 Å². The van der Waals surface area contributed by atoms with E-state index >= 15 is 0 Å². The Balaban J connectivity index is 2.37. The Bertz CT molecular complexity index is 476. The average Bonchev–Trinajstić information content (AvgIpc) is 2.63. The number of imidazole rings is 1. The zero-order chi connectivity index (χ0) is 11.8. The van der Waals surface area contributed by atoms with E-state index in [2.05, 4.69) is 35.7 Å². The van der Waals surface area contributed by atoms with E-state index in [1.54, 1.807) is 6.20 Å². The van der Waals surface area contributed by atoms with E-state index in [0.29, 0.717) is 5.82 Å². The molecule has 0 aliphatic carbocycles. The van der Waals surface area contributed by atoms with Crippen molar-refractivity contribution in [2.24, 2.45) is 7.05 Å². The molecule has 0 N–H and O–H groups in total. The van der Waals surface area contributed by atoms with Gasteiger partial charge in [0, 0.05) is 31.8 Å². The van der Waals surface area contributed by atoms with Crippen molar-refractivity contribution in [3.8, 4) is 11.6 Å². The molecule has 0 atom stereocenters. The molecular weight excluding hydrogens is 200 g/mol. The lowest BCUT2D eigenvalue weighted by atomic mass is 9.89. The molecule has 2 rings (SSSR count). The number of rotatable bonds is 1. The highest BCUT2D eigenvalue weighted by Gasteiger charge is 2.15. The third-order valence-electron chi connectivity index (χ3n) is 2.54. The standard InChI is InChI=1S/C12H16N4/c1-12(2,3)9-7-14-10(15-8-9)11-13-5-6-16(11)4/h5-8H,1-4H3. The smallest absolute Gasteiger partial charge is 0.195 e. The second-order valence-electron chi connectivity index (χ2n) is 4.91. The normalized spacial score (nSPS) is 11.8.